The molecule has 0 atom stereocenters. The van der Waals surface area contributed by atoms with Gasteiger partial charge in [0.05, 0.1) is 29.9 Å². The van der Waals surface area contributed by atoms with Crippen molar-refractivity contribution in [3.8, 4) is 11.5 Å². The molecule has 0 aliphatic heterocycles. The summed E-state index contributed by atoms with van der Waals surface area (Å²) in [6, 6.07) is 12.1. The molecule has 0 spiro atoms. The highest BCUT2D eigenvalue weighted by atomic mass is 32.1. The Balaban J connectivity index is 1.80. The Morgan fingerprint density at radius 3 is 2.86 bits per heavy atom. The van der Waals surface area contributed by atoms with Crippen molar-refractivity contribution < 1.29 is 9.47 Å². The number of nitrogens with zero attached hydrogens (tertiary/aromatic N) is 1. The predicted octanol–water partition coefficient (Wildman–Crippen LogP) is 3.93. The second kappa shape index (κ2) is 6.01. The van der Waals surface area contributed by atoms with Crippen LogP contribution in [0.4, 0.5) is 5.69 Å². The second-order valence-corrected chi connectivity index (χ2v) is 5.43. The third-order valence-corrected chi connectivity index (χ3v) is 4.09. The fraction of sp³-hybridized carbons (Fsp3) is 0.188. The number of hydrogen-bond acceptors (Lipinski definition) is 5. The number of fused-ring (bicyclic) bond motifs is 1. The van der Waals surface area contributed by atoms with Gasteiger partial charge in [-0.1, -0.05) is 12.1 Å². The highest BCUT2D eigenvalue weighted by Gasteiger charge is 2.09. The van der Waals surface area contributed by atoms with Crippen LogP contribution in [0.5, 0.6) is 11.5 Å². The monoisotopic (exact) mass is 300 g/mol. The van der Waals surface area contributed by atoms with Crippen molar-refractivity contribution in [2.45, 2.75) is 6.54 Å². The van der Waals surface area contributed by atoms with Crippen LogP contribution in [0, 0.1) is 0 Å². The maximum absolute atomic E-state index is 5.44. The van der Waals surface area contributed by atoms with Crippen molar-refractivity contribution in [2.75, 3.05) is 19.5 Å². The van der Waals surface area contributed by atoms with Gasteiger partial charge in [-0.3, -0.25) is 0 Å². The molecule has 4 nitrogen and oxygen atoms in total. The highest BCUT2D eigenvalue weighted by Crippen LogP contribution is 2.31. The van der Waals surface area contributed by atoms with Gasteiger partial charge in [0.25, 0.3) is 0 Å². The van der Waals surface area contributed by atoms with Crippen molar-refractivity contribution in [1.82, 2.24) is 4.98 Å². The number of ether oxygens (including phenoxy) is 2. The van der Waals surface area contributed by atoms with E-state index < -0.39 is 0 Å². The Morgan fingerprint density at radius 1 is 1.14 bits per heavy atom. The molecule has 3 aromatic rings. The summed E-state index contributed by atoms with van der Waals surface area (Å²) in [4.78, 5) is 4.28. The van der Waals surface area contributed by atoms with Gasteiger partial charge in [0.15, 0.2) is 11.5 Å². The molecule has 5 heteroatoms. The average Bonchev–Trinajstić information content (AvgIpc) is 2.99. The number of para-hydroxylation sites is 1. The number of aromatic nitrogens is 1. The minimum absolute atomic E-state index is 0.671. The van der Waals surface area contributed by atoms with Gasteiger partial charge in [0.1, 0.15) is 0 Å². The molecule has 1 heterocycles. The summed E-state index contributed by atoms with van der Waals surface area (Å²) < 4.78 is 11.9. The van der Waals surface area contributed by atoms with Crippen LogP contribution in [0.15, 0.2) is 41.9 Å². The Labute approximate surface area is 127 Å². The van der Waals surface area contributed by atoms with Gasteiger partial charge in [-0.15, -0.1) is 11.3 Å². The van der Waals surface area contributed by atoms with Gasteiger partial charge in [0, 0.05) is 17.8 Å². The summed E-state index contributed by atoms with van der Waals surface area (Å²) in [5, 5.41) is 3.41. The van der Waals surface area contributed by atoms with Crippen LogP contribution in [-0.4, -0.2) is 19.2 Å². The first-order valence-electron chi connectivity index (χ1n) is 6.59. The molecule has 0 fully saturated rings. The first-order chi connectivity index (χ1) is 10.3. The first-order valence-corrected chi connectivity index (χ1v) is 7.47. The van der Waals surface area contributed by atoms with E-state index in [0.29, 0.717) is 6.54 Å². The molecule has 0 unspecified atom stereocenters. The van der Waals surface area contributed by atoms with Crippen LogP contribution in [0.1, 0.15) is 5.56 Å². The lowest BCUT2D eigenvalue weighted by atomic mass is 10.1. The van der Waals surface area contributed by atoms with Crippen molar-refractivity contribution in [1.29, 1.82) is 0 Å². The molecule has 1 aromatic heterocycles. The minimum atomic E-state index is 0.671. The topological polar surface area (TPSA) is 43.4 Å². The van der Waals surface area contributed by atoms with Crippen LogP contribution in [0.3, 0.4) is 0 Å². The van der Waals surface area contributed by atoms with E-state index >= 15 is 0 Å². The molecular formula is C16H16N2O2S. The summed E-state index contributed by atoms with van der Waals surface area (Å²) >= 11 is 1.64. The Hall–Kier alpha value is -2.27. The van der Waals surface area contributed by atoms with E-state index in [4.69, 9.17) is 9.47 Å². The number of benzene rings is 2. The number of nitrogens with one attached hydrogen (secondary N) is 1. The fourth-order valence-electron chi connectivity index (χ4n) is 2.26. The van der Waals surface area contributed by atoms with Gasteiger partial charge >= 0.3 is 0 Å². The molecule has 2 aromatic carbocycles. The molecule has 3 rings (SSSR count). The molecule has 0 aliphatic carbocycles. The number of rotatable bonds is 5. The Bertz CT molecular complexity index is 755. The summed E-state index contributed by atoms with van der Waals surface area (Å²) in [6.45, 7) is 0.671. The molecule has 0 radical (unpaired) electrons. The average molecular weight is 300 g/mol. The van der Waals surface area contributed by atoms with Crippen LogP contribution < -0.4 is 14.8 Å². The molecule has 0 aliphatic rings. The van der Waals surface area contributed by atoms with Gasteiger partial charge < -0.3 is 14.8 Å². The molecular weight excluding hydrogens is 284 g/mol. The third-order valence-electron chi connectivity index (χ3n) is 3.30. The third kappa shape index (κ3) is 2.78. The zero-order valence-electron chi connectivity index (χ0n) is 11.9. The molecule has 108 valence electrons. The number of methoxy groups -OCH3 is 2. The van der Waals surface area contributed by atoms with Gasteiger partial charge in [-0.05, 0) is 24.3 Å². The van der Waals surface area contributed by atoms with E-state index in [0.717, 1.165) is 28.3 Å². The number of thiazole rings is 1. The minimum Gasteiger partial charge on any atom is -0.493 e. The van der Waals surface area contributed by atoms with Gasteiger partial charge in [-0.2, -0.15) is 0 Å². The van der Waals surface area contributed by atoms with Crippen LogP contribution in [0.25, 0.3) is 10.2 Å². The molecule has 0 saturated heterocycles. The SMILES string of the molecule is COc1cccc(CNc2ccc3ncsc3c2)c1OC. The maximum Gasteiger partial charge on any atom is 0.165 e. The second-order valence-electron chi connectivity index (χ2n) is 4.54. The smallest absolute Gasteiger partial charge is 0.165 e. The van der Waals surface area contributed by atoms with Crippen molar-refractivity contribution >= 4 is 27.2 Å². The standard InChI is InChI=1S/C16H16N2O2S/c1-19-14-5-3-4-11(16(14)20-2)9-17-12-6-7-13-15(8-12)21-10-18-13/h3-8,10,17H,9H2,1-2H3. The van der Waals surface area contributed by atoms with Crippen molar-refractivity contribution in [3.63, 3.8) is 0 Å². The van der Waals surface area contributed by atoms with E-state index in [9.17, 15) is 0 Å². The molecule has 0 amide bonds. The lowest BCUT2D eigenvalue weighted by Crippen LogP contribution is -2.02. The van der Waals surface area contributed by atoms with E-state index in [-0.39, 0.29) is 0 Å². The van der Waals surface area contributed by atoms with Crippen LogP contribution in [0.2, 0.25) is 0 Å². The molecule has 0 bridgehead atoms. The molecule has 0 saturated carbocycles. The molecule has 21 heavy (non-hydrogen) atoms. The van der Waals surface area contributed by atoms with E-state index in [1.165, 1.54) is 4.70 Å². The molecule has 1 N–H and O–H groups in total. The first kappa shape index (κ1) is 13.7. The van der Waals surface area contributed by atoms with Crippen LogP contribution in [-0.2, 0) is 6.54 Å². The van der Waals surface area contributed by atoms with E-state index in [1.807, 2.05) is 35.8 Å². The van der Waals surface area contributed by atoms with Gasteiger partial charge in [-0.25, -0.2) is 4.98 Å². The number of anilines is 1. The van der Waals surface area contributed by atoms with Crippen molar-refractivity contribution in [3.05, 3.63) is 47.5 Å². The summed E-state index contributed by atoms with van der Waals surface area (Å²) in [7, 11) is 3.30. The summed E-state index contributed by atoms with van der Waals surface area (Å²) in [6.07, 6.45) is 0. The van der Waals surface area contributed by atoms with Gasteiger partial charge in [0.2, 0.25) is 0 Å². The summed E-state index contributed by atoms with van der Waals surface area (Å²) in [5.74, 6) is 1.51. The zero-order chi connectivity index (χ0) is 14.7. The Kier molecular flexibility index (Phi) is 3.92. The van der Waals surface area contributed by atoms with E-state index in [2.05, 4.69) is 16.4 Å². The summed E-state index contributed by atoms with van der Waals surface area (Å²) in [5.41, 5.74) is 5.02. The quantitative estimate of drug-likeness (QED) is 0.775. The zero-order valence-corrected chi connectivity index (χ0v) is 12.7. The largest absolute Gasteiger partial charge is 0.493 e. The van der Waals surface area contributed by atoms with Crippen molar-refractivity contribution in [2.24, 2.45) is 0 Å². The maximum atomic E-state index is 5.44. The lowest BCUT2D eigenvalue weighted by molar-refractivity contribution is 0.352. The lowest BCUT2D eigenvalue weighted by Gasteiger charge is -2.13. The number of hydrogen-bond donors (Lipinski definition) is 1. The Morgan fingerprint density at radius 2 is 2.05 bits per heavy atom. The highest BCUT2D eigenvalue weighted by molar-refractivity contribution is 7.16. The fourth-order valence-corrected chi connectivity index (χ4v) is 2.97. The van der Waals surface area contributed by atoms with Crippen LogP contribution >= 0.6 is 11.3 Å². The predicted molar refractivity (Wildman–Crippen MR) is 86.5 cm³/mol. The van der Waals surface area contributed by atoms with E-state index in [1.54, 1.807) is 25.6 Å². The normalized spacial score (nSPS) is 10.6.